The molecule has 0 aliphatic rings. The molecule has 0 saturated heterocycles. The lowest BCUT2D eigenvalue weighted by atomic mass is 10.1. The highest BCUT2D eigenvalue weighted by atomic mass is 32.1. The van der Waals surface area contributed by atoms with Crippen LogP contribution in [-0.2, 0) is 0 Å². The van der Waals surface area contributed by atoms with E-state index in [2.05, 4.69) is 15.3 Å². The third kappa shape index (κ3) is 1.86. The molecule has 0 atom stereocenters. The van der Waals surface area contributed by atoms with Crippen LogP contribution in [-0.4, -0.2) is 28.1 Å². The largest absolute Gasteiger partial charge is 0.477 e. The number of carboxylic acids is 1. The summed E-state index contributed by atoms with van der Waals surface area (Å²) in [6, 6.07) is 7.75. The lowest BCUT2D eigenvalue weighted by Gasteiger charge is -1.96. The van der Waals surface area contributed by atoms with Gasteiger partial charge in [-0.1, -0.05) is 29.5 Å². The summed E-state index contributed by atoms with van der Waals surface area (Å²) in [4.78, 5) is 19.0. The molecule has 0 fully saturated rings. The van der Waals surface area contributed by atoms with Gasteiger partial charge in [0.2, 0.25) is 0 Å². The van der Waals surface area contributed by atoms with Crippen LogP contribution in [0.3, 0.4) is 0 Å². The summed E-state index contributed by atoms with van der Waals surface area (Å²) in [6.07, 6.45) is 1.80. The average molecular weight is 273 g/mol. The van der Waals surface area contributed by atoms with Gasteiger partial charge in [0.1, 0.15) is 10.6 Å². The lowest BCUT2D eigenvalue weighted by molar-refractivity contribution is 0.0702. The van der Waals surface area contributed by atoms with Crippen molar-refractivity contribution in [2.24, 2.45) is 0 Å². The van der Waals surface area contributed by atoms with Crippen molar-refractivity contribution in [3.05, 3.63) is 35.3 Å². The molecular formula is C13H11N3O2S. The molecule has 6 heteroatoms. The molecule has 0 unspecified atom stereocenters. The first-order chi connectivity index (χ1) is 9.20. The Labute approximate surface area is 112 Å². The Morgan fingerprint density at radius 3 is 2.95 bits per heavy atom. The van der Waals surface area contributed by atoms with Gasteiger partial charge < -0.3 is 15.4 Å². The average Bonchev–Trinajstić information content (AvgIpc) is 3.02. The van der Waals surface area contributed by atoms with Crippen LogP contribution in [0.5, 0.6) is 0 Å². The van der Waals surface area contributed by atoms with Gasteiger partial charge in [-0.25, -0.2) is 9.78 Å². The smallest absolute Gasteiger partial charge is 0.348 e. The predicted octanol–water partition coefficient (Wildman–Crippen LogP) is 3.03. The zero-order valence-electron chi connectivity index (χ0n) is 10.1. The molecule has 2 heterocycles. The molecule has 1 aromatic carbocycles. The minimum Gasteiger partial charge on any atom is -0.477 e. The molecule has 3 rings (SSSR count). The van der Waals surface area contributed by atoms with Crippen molar-refractivity contribution in [3.63, 3.8) is 0 Å². The number of thiazole rings is 1. The Morgan fingerprint density at radius 1 is 1.42 bits per heavy atom. The maximum Gasteiger partial charge on any atom is 0.348 e. The highest BCUT2D eigenvalue weighted by Crippen LogP contribution is 2.35. The van der Waals surface area contributed by atoms with Gasteiger partial charge in [0.25, 0.3) is 0 Å². The molecule has 96 valence electrons. The van der Waals surface area contributed by atoms with Gasteiger partial charge in [0.15, 0.2) is 5.13 Å². The highest BCUT2D eigenvalue weighted by Gasteiger charge is 2.20. The molecule has 0 bridgehead atoms. The topological polar surface area (TPSA) is 78.0 Å². The standard InChI is InChI=1S/C13H11N3O2S/c1-14-13-16-10(11(19-13)12(17)18)8-6-15-9-5-3-2-4-7(8)9/h2-6,15H,1H3,(H,14,16)(H,17,18). The Balaban J connectivity index is 2.26. The minimum atomic E-state index is -0.959. The number of rotatable bonds is 3. The zero-order valence-corrected chi connectivity index (χ0v) is 10.9. The maximum absolute atomic E-state index is 11.3. The van der Waals surface area contributed by atoms with Crippen molar-refractivity contribution in [1.29, 1.82) is 0 Å². The van der Waals surface area contributed by atoms with E-state index in [0.717, 1.165) is 27.8 Å². The minimum absolute atomic E-state index is 0.245. The van der Waals surface area contributed by atoms with E-state index in [-0.39, 0.29) is 4.88 Å². The fourth-order valence-corrected chi connectivity index (χ4v) is 2.79. The SMILES string of the molecule is CNc1nc(-c2c[nH]c3ccccc23)c(C(=O)O)s1. The number of para-hydroxylation sites is 1. The van der Waals surface area contributed by atoms with Gasteiger partial charge >= 0.3 is 5.97 Å². The number of hydrogen-bond acceptors (Lipinski definition) is 4. The number of nitrogens with zero attached hydrogens (tertiary/aromatic N) is 1. The number of aromatic amines is 1. The summed E-state index contributed by atoms with van der Waals surface area (Å²) in [5.41, 5.74) is 2.28. The van der Waals surface area contributed by atoms with Gasteiger partial charge in [-0.3, -0.25) is 0 Å². The third-order valence-corrected chi connectivity index (χ3v) is 3.94. The van der Waals surface area contributed by atoms with Gasteiger partial charge in [-0.2, -0.15) is 0 Å². The third-order valence-electron chi connectivity index (χ3n) is 2.88. The number of fused-ring (bicyclic) bond motifs is 1. The number of carboxylic acid groups (broad SMARTS) is 1. The van der Waals surface area contributed by atoms with E-state index < -0.39 is 5.97 Å². The number of anilines is 1. The van der Waals surface area contributed by atoms with Crippen LogP contribution < -0.4 is 5.32 Å². The van der Waals surface area contributed by atoms with Crippen LogP contribution in [0.4, 0.5) is 5.13 Å². The van der Waals surface area contributed by atoms with Gasteiger partial charge in [-0.05, 0) is 6.07 Å². The number of benzene rings is 1. The molecular weight excluding hydrogens is 262 g/mol. The lowest BCUT2D eigenvalue weighted by Crippen LogP contribution is -1.95. The number of H-pyrrole nitrogens is 1. The Bertz CT molecular complexity index is 760. The summed E-state index contributed by atoms with van der Waals surface area (Å²) in [6.45, 7) is 0. The van der Waals surface area contributed by atoms with Crippen molar-refractivity contribution >= 4 is 33.3 Å². The summed E-state index contributed by atoms with van der Waals surface area (Å²) >= 11 is 1.14. The maximum atomic E-state index is 11.3. The highest BCUT2D eigenvalue weighted by molar-refractivity contribution is 7.17. The van der Waals surface area contributed by atoms with Gasteiger partial charge in [-0.15, -0.1) is 0 Å². The monoisotopic (exact) mass is 273 g/mol. The Morgan fingerprint density at radius 2 is 2.21 bits per heavy atom. The molecule has 3 aromatic rings. The molecule has 5 nitrogen and oxygen atoms in total. The molecule has 0 aliphatic heterocycles. The van der Waals surface area contributed by atoms with Gasteiger partial charge in [0.05, 0.1) is 0 Å². The van der Waals surface area contributed by atoms with Crippen molar-refractivity contribution < 1.29 is 9.90 Å². The quantitative estimate of drug-likeness (QED) is 0.685. The van der Waals surface area contributed by atoms with Crippen LogP contribution in [0.2, 0.25) is 0 Å². The van der Waals surface area contributed by atoms with Crippen LogP contribution in [0.15, 0.2) is 30.5 Å². The second-order valence-corrected chi connectivity index (χ2v) is 5.00. The number of nitrogens with one attached hydrogen (secondary N) is 2. The number of hydrogen-bond donors (Lipinski definition) is 3. The number of aromatic nitrogens is 2. The van der Waals surface area contributed by atoms with Crippen molar-refractivity contribution in [1.82, 2.24) is 9.97 Å². The summed E-state index contributed by atoms with van der Waals surface area (Å²) in [5.74, 6) is -0.959. The summed E-state index contributed by atoms with van der Waals surface area (Å²) < 4.78 is 0. The molecule has 0 aliphatic carbocycles. The first kappa shape index (κ1) is 11.7. The fraction of sp³-hybridized carbons (Fsp3) is 0.0769. The second-order valence-electron chi connectivity index (χ2n) is 4.00. The van der Waals surface area contributed by atoms with E-state index in [1.807, 2.05) is 24.3 Å². The summed E-state index contributed by atoms with van der Waals surface area (Å²) in [7, 11) is 1.73. The zero-order chi connectivity index (χ0) is 13.4. The van der Waals surface area contributed by atoms with E-state index in [0.29, 0.717) is 10.8 Å². The first-order valence-electron chi connectivity index (χ1n) is 5.69. The van der Waals surface area contributed by atoms with E-state index in [1.54, 1.807) is 13.2 Å². The normalized spacial score (nSPS) is 10.8. The molecule has 19 heavy (non-hydrogen) atoms. The Kier molecular flexibility index (Phi) is 2.72. The van der Waals surface area contributed by atoms with E-state index in [1.165, 1.54) is 0 Å². The number of aromatic carboxylic acids is 1. The predicted molar refractivity (Wildman–Crippen MR) is 75.9 cm³/mol. The molecule has 0 radical (unpaired) electrons. The van der Waals surface area contributed by atoms with E-state index in [4.69, 9.17) is 0 Å². The van der Waals surface area contributed by atoms with Crippen LogP contribution >= 0.6 is 11.3 Å². The van der Waals surface area contributed by atoms with Crippen molar-refractivity contribution in [2.75, 3.05) is 12.4 Å². The number of carbonyl (C=O) groups is 1. The van der Waals surface area contributed by atoms with E-state index >= 15 is 0 Å². The molecule has 0 spiro atoms. The molecule has 0 amide bonds. The van der Waals surface area contributed by atoms with Gasteiger partial charge in [0, 0.05) is 29.7 Å². The summed E-state index contributed by atoms with van der Waals surface area (Å²) in [5, 5.41) is 13.7. The van der Waals surface area contributed by atoms with Crippen molar-refractivity contribution in [2.45, 2.75) is 0 Å². The van der Waals surface area contributed by atoms with Crippen LogP contribution in [0, 0.1) is 0 Å². The second kappa shape index (κ2) is 4.40. The van der Waals surface area contributed by atoms with Crippen LogP contribution in [0.25, 0.3) is 22.2 Å². The first-order valence-corrected chi connectivity index (χ1v) is 6.50. The van der Waals surface area contributed by atoms with Crippen LogP contribution in [0.1, 0.15) is 9.67 Å². The molecule has 0 saturated carbocycles. The Hall–Kier alpha value is -2.34. The van der Waals surface area contributed by atoms with E-state index in [9.17, 15) is 9.90 Å². The molecule has 3 N–H and O–H groups in total. The molecule has 2 aromatic heterocycles. The van der Waals surface area contributed by atoms with Crippen molar-refractivity contribution in [3.8, 4) is 11.3 Å². The fourth-order valence-electron chi connectivity index (χ4n) is 2.02.